The van der Waals surface area contributed by atoms with E-state index in [0.717, 1.165) is 40.6 Å². The number of hydrogen-bond acceptors (Lipinski definition) is 5. The van der Waals surface area contributed by atoms with E-state index in [1.165, 1.54) is 38.5 Å². The Morgan fingerprint density at radius 1 is 0.880 bits per heavy atom. The smallest absolute Gasteiger partial charge is 0.258 e. The fraction of sp³-hybridized carbons (Fsp3) is 0.600. The highest BCUT2D eigenvalue weighted by atomic mass is 16.6. The molecule has 4 fully saturated rings. The Hall–Kier alpha value is -2.04. The lowest BCUT2D eigenvalue weighted by Crippen LogP contribution is -2.49. The van der Waals surface area contributed by atoms with Gasteiger partial charge < -0.3 is 14.0 Å². The molecule has 4 saturated carbocycles. The maximum atomic E-state index is 5.68. The van der Waals surface area contributed by atoms with E-state index in [9.17, 15) is 0 Å². The van der Waals surface area contributed by atoms with Crippen LogP contribution in [0.2, 0.25) is 0 Å². The van der Waals surface area contributed by atoms with Gasteiger partial charge in [-0.15, -0.1) is 0 Å². The van der Waals surface area contributed by atoms with Gasteiger partial charge in [0.15, 0.2) is 17.3 Å². The van der Waals surface area contributed by atoms with Crippen molar-refractivity contribution >= 4 is 0 Å². The van der Waals surface area contributed by atoms with E-state index in [2.05, 4.69) is 5.16 Å². The molecule has 5 nitrogen and oxygen atoms in total. The van der Waals surface area contributed by atoms with E-state index < -0.39 is 0 Å². The van der Waals surface area contributed by atoms with E-state index in [1.54, 1.807) is 0 Å². The van der Waals surface area contributed by atoms with Crippen LogP contribution in [-0.4, -0.2) is 23.4 Å². The van der Waals surface area contributed by atoms with Crippen molar-refractivity contribution < 1.29 is 14.0 Å². The molecule has 0 atom stereocenters. The molecule has 0 radical (unpaired) electrons. The van der Waals surface area contributed by atoms with Crippen molar-refractivity contribution in [2.24, 2.45) is 17.8 Å². The summed E-state index contributed by atoms with van der Waals surface area (Å²) < 4.78 is 16.9. The molecule has 4 aliphatic carbocycles. The number of nitrogens with zero attached hydrogens (tertiary/aromatic N) is 2. The molecule has 0 amide bonds. The lowest BCUT2D eigenvalue weighted by molar-refractivity contribution is -0.0103. The second-order valence-electron chi connectivity index (χ2n) is 8.48. The standard InChI is InChI=1S/C20H22N2O3/c1-2-16-17(24-4-3-23-16)8-15(1)18-21-19(22-25-18)20-9-12-5-13(10-20)7-14(6-12)11-20/h1-2,8,12-14H,3-7,9-11H2. The van der Waals surface area contributed by atoms with Gasteiger partial charge in [0.05, 0.1) is 0 Å². The van der Waals surface area contributed by atoms with Gasteiger partial charge in [0.1, 0.15) is 13.2 Å². The lowest BCUT2D eigenvalue weighted by atomic mass is 9.49. The third-order valence-corrected chi connectivity index (χ3v) is 6.73. The summed E-state index contributed by atoms with van der Waals surface area (Å²) in [5.41, 5.74) is 1.08. The van der Waals surface area contributed by atoms with Gasteiger partial charge in [0.25, 0.3) is 5.89 Å². The van der Waals surface area contributed by atoms with Crippen LogP contribution < -0.4 is 9.47 Å². The van der Waals surface area contributed by atoms with Gasteiger partial charge in [-0.1, -0.05) is 5.16 Å². The summed E-state index contributed by atoms with van der Waals surface area (Å²) in [6.07, 6.45) is 8.02. The Bertz CT molecular complexity index is 793. The third kappa shape index (κ3) is 2.14. The monoisotopic (exact) mass is 338 g/mol. The van der Waals surface area contributed by atoms with E-state index in [4.69, 9.17) is 19.0 Å². The van der Waals surface area contributed by atoms with Crippen LogP contribution in [-0.2, 0) is 5.41 Å². The van der Waals surface area contributed by atoms with Crippen LogP contribution in [0.1, 0.15) is 44.3 Å². The van der Waals surface area contributed by atoms with Crippen LogP contribution in [0.15, 0.2) is 22.7 Å². The molecule has 5 heteroatoms. The minimum Gasteiger partial charge on any atom is -0.486 e. The number of aromatic nitrogens is 2. The first-order chi connectivity index (χ1) is 12.3. The van der Waals surface area contributed by atoms with Crippen molar-refractivity contribution in [1.82, 2.24) is 10.1 Å². The van der Waals surface area contributed by atoms with Crippen molar-refractivity contribution in [3.8, 4) is 23.0 Å². The molecule has 0 spiro atoms. The predicted molar refractivity (Wildman–Crippen MR) is 90.6 cm³/mol. The molecular weight excluding hydrogens is 316 g/mol. The Morgan fingerprint density at radius 2 is 1.56 bits per heavy atom. The van der Waals surface area contributed by atoms with Crippen molar-refractivity contribution in [1.29, 1.82) is 0 Å². The molecule has 130 valence electrons. The summed E-state index contributed by atoms with van der Waals surface area (Å²) in [6, 6.07) is 5.86. The number of rotatable bonds is 2. The second kappa shape index (κ2) is 4.99. The summed E-state index contributed by atoms with van der Waals surface area (Å²) in [5.74, 6) is 5.72. The first-order valence-corrected chi connectivity index (χ1v) is 9.52. The maximum absolute atomic E-state index is 5.68. The Balaban J connectivity index is 1.35. The number of hydrogen-bond donors (Lipinski definition) is 0. The molecule has 0 unspecified atom stereocenters. The number of ether oxygens (including phenoxy) is 2. The van der Waals surface area contributed by atoms with Crippen LogP contribution in [0.5, 0.6) is 11.5 Å². The van der Waals surface area contributed by atoms with Crippen LogP contribution in [0.3, 0.4) is 0 Å². The Kier molecular flexibility index (Phi) is 2.83. The van der Waals surface area contributed by atoms with Gasteiger partial charge in [0.2, 0.25) is 0 Å². The number of fused-ring (bicyclic) bond motifs is 1. The molecule has 1 aromatic carbocycles. The first-order valence-electron chi connectivity index (χ1n) is 9.52. The highest BCUT2D eigenvalue weighted by Crippen LogP contribution is 2.60. The van der Waals surface area contributed by atoms with Crippen molar-refractivity contribution in [2.45, 2.75) is 43.9 Å². The average Bonchev–Trinajstić information content (AvgIpc) is 3.11. The van der Waals surface area contributed by atoms with Crippen molar-refractivity contribution in [3.63, 3.8) is 0 Å². The zero-order valence-corrected chi connectivity index (χ0v) is 14.2. The molecule has 2 heterocycles. The van der Waals surface area contributed by atoms with Gasteiger partial charge in [-0.2, -0.15) is 4.98 Å². The molecule has 0 N–H and O–H groups in total. The molecule has 25 heavy (non-hydrogen) atoms. The van der Waals surface area contributed by atoms with E-state index in [1.807, 2.05) is 18.2 Å². The van der Waals surface area contributed by atoms with Gasteiger partial charge >= 0.3 is 0 Å². The minimum absolute atomic E-state index is 0.171. The predicted octanol–water partition coefficient (Wildman–Crippen LogP) is 3.98. The summed E-state index contributed by atoms with van der Waals surface area (Å²) in [7, 11) is 0. The zero-order valence-electron chi connectivity index (χ0n) is 14.2. The Labute approximate surface area is 146 Å². The number of benzene rings is 1. The summed E-state index contributed by atoms with van der Waals surface area (Å²) >= 11 is 0. The van der Waals surface area contributed by atoms with Crippen LogP contribution in [0, 0.1) is 17.8 Å². The normalized spacial score (nSPS) is 35.1. The SMILES string of the molecule is c1cc2c(cc1-c1nc(C34CC5CC(CC(C5)C3)C4)no1)OCCO2. The van der Waals surface area contributed by atoms with Crippen molar-refractivity contribution in [3.05, 3.63) is 24.0 Å². The molecule has 1 aliphatic heterocycles. The summed E-state index contributed by atoms with van der Waals surface area (Å²) in [4.78, 5) is 4.85. The summed E-state index contributed by atoms with van der Waals surface area (Å²) in [6.45, 7) is 1.18. The molecule has 4 bridgehead atoms. The highest BCUT2D eigenvalue weighted by Gasteiger charge is 2.53. The van der Waals surface area contributed by atoms with Gasteiger partial charge in [-0.3, -0.25) is 0 Å². The van der Waals surface area contributed by atoms with Gasteiger partial charge in [0, 0.05) is 11.0 Å². The topological polar surface area (TPSA) is 57.4 Å². The molecule has 0 saturated heterocycles. The van der Waals surface area contributed by atoms with Crippen LogP contribution >= 0.6 is 0 Å². The fourth-order valence-corrected chi connectivity index (χ4v) is 6.12. The largest absolute Gasteiger partial charge is 0.486 e. The van der Waals surface area contributed by atoms with E-state index in [0.29, 0.717) is 19.1 Å². The lowest BCUT2D eigenvalue weighted by Gasteiger charge is -2.55. The quantitative estimate of drug-likeness (QED) is 0.829. The molecule has 7 rings (SSSR count). The fourth-order valence-electron chi connectivity index (χ4n) is 6.12. The van der Waals surface area contributed by atoms with E-state index in [-0.39, 0.29) is 5.41 Å². The van der Waals surface area contributed by atoms with Gasteiger partial charge in [-0.25, -0.2) is 0 Å². The Morgan fingerprint density at radius 3 is 2.28 bits per heavy atom. The molecular formula is C20H22N2O3. The third-order valence-electron chi connectivity index (χ3n) is 6.73. The molecule has 1 aromatic heterocycles. The second-order valence-corrected chi connectivity index (χ2v) is 8.48. The molecule has 2 aromatic rings. The van der Waals surface area contributed by atoms with Crippen LogP contribution in [0.4, 0.5) is 0 Å². The van der Waals surface area contributed by atoms with Gasteiger partial charge in [-0.05, 0) is 74.5 Å². The zero-order chi connectivity index (χ0) is 16.4. The average molecular weight is 338 g/mol. The highest BCUT2D eigenvalue weighted by molar-refractivity contribution is 5.60. The minimum atomic E-state index is 0.171. The van der Waals surface area contributed by atoms with Crippen molar-refractivity contribution in [2.75, 3.05) is 13.2 Å². The van der Waals surface area contributed by atoms with E-state index >= 15 is 0 Å². The summed E-state index contributed by atoms with van der Waals surface area (Å²) in [5, 5.41) is 4.44. The first kappa shape index (κ1) is 14.2. The molecule has 5 aliphatic rings. The maximum Gasteiger partial charge on any atom is 0.258 e. The van der Waals surface area contributed by atoms with Crippen LogP contribution in [0.25, 0.3) is 11.5 Å².